The third kappa shape index (κ3) is 8.46. The quantitative estimate of drug-likeness (QED) is 0.224. The molecule has 11 heteroatoms. The first-order valence-electron chi connectivity index (χ1n) is 8.12. The van der Waals surface area contributed by atoms with Gasteiger partial charge in [-0.2, -0.15) is 0 Å². The summed E-state index contributed by atoms with van der Waals surface area (Å²) < 4.78 is 46.2. The predicted molar refractivity (Wildman–Crippen MR) is 114 cm³/mol. The third-order valence-electron chi connectivity index (χ3n) is 3.39. The molecule has 0 radical (unpaired) electrons. The Morgan fingerprint density at radius 2 is 1.90 bits per heavy atom. The minimum absolute atomic E-state index is 0. The van der Waals surface area contributed by atoms with Crippen LogP contribution in [0.4, 0.5) is 18.9 Å². The Bertz CT molecular complexity index is 847. The van der Waals surface area contributed by atoms with Gasteiger partial charge in [0.05, 0.1) is 19.3 Å². The van der Waals surface area contributed by atoms with E-state index in [9.17, 15) is 18.0 Å². The molecule has 0 saturated carbocycles. The fourth-order valence-corrected chi connectivity index (χ4v) is 2.17. The van der Waals surface area contributed by atoms with E-state index in [2.05, 4.69) is 20.4 Å². The van der Waals surface area contributed by atoms with E-state index in [-0.39, 0.29) is 54.6 Å². The number of aliphatic imine (C=N–C) groups is 1. The minimum Gasteiger partial charge on any atom is -0.497 e. The van der Waals surface area contributed by atoms with Crippen molar-refractivity contribution in [1.29, 1.82) is 0 Å². The molecule has 0 aliphatic carbocycles. The number of para-hydroxylation sites is 2. The summed E-state index contributed by atoms with van der Waals surface area (Å²) >= 11 is 0. The van der Waals surface area contributed by atoms with Gasteiger partial charge in [0.2, 0.25) is 0 Å². The lowest BCUT2D eigenvalue weighted by Crippen LogP contribution is -2.28. The van der Waals surface area contributed by atoms with Crippen LogP contribution in [0.1, 0.15) is 10.4 Å². The first-order valence-corrected chi connectivity index (χ1v) is 8.12. The van der Waals surface area contributed by atoms with Crippen molar-refractivity contribution in [3.8, 4) is 11.5 Å². The maximum Gasteiger partial charge on any atom is 0.573 e. The fourth-order valence-electron chi connectivity index (χ4n) is 2.17. The second kappa shape index (κ2) is 11.3. The number of carbonyl (C=O) groups is 1. The molecule has 2 rings (SSSR count). The number of nitrogens with zero attached hydrogens (tertiary/aromatic N) is 1. The molecule has 0 aliphatic rings. The average Bonchev–Trinajstić information content (AvgIpc) is 2.65. The van der Waals surface area contributed by atoms with Crippen molar-refractivity contribution in [2.24, 2.45) is 10.7 Å². The Labute approximate surface area is 182 Å². The van der Waals surface area contributed by atoms with E-state index in [0.29, 0.717) is 11.3 Å². The number of nitrogens with one attached hydrogen (secondary N) is 2. The summed E-state index contributed by atoms with van der Waals surface area (Å²) in [6, 6.07) is 12.1. The van der Waals surface area contributed by atoms with Crippen LogP contribution in [0.2, 0.25) is 0 Å². The van der Waals surface area contributed by atoms with E-state index >= 15 is 0 Å². The highest BCUT2D eigenvalue weighted by Gasteiger charge is 2.32. The van der Waals surface area contributed by atoms with Gasteiger partial charge in [-0.15, -0.1) is 37.1 Å². The standard InChI is InChI=1S/C18H19F3N4O3.HI/c1-27-13-6-4-5-12(11-13)16(26)23-9-10-24-17(22)25-14-7-2-3-8-15(14)28-18(19,20)21;/h2-8,11H,9-10H2,1H3,(H,23,26)(H3,22,24,25);1H. The van der Waals surface area contributed by atoms with Crippen LogP contribution in [-0.4, -0.2) is 38.4 Å². The van der Waals surface area contributed by atoms with Crippen molar-refractivity contribution in [2.75, 3.05) is 25.5 Å². The fraction of sp³-hybridized carbons (Fsp3) is 0.222. The van der Waals surface area contributed by atoms with Gasteiger partial charge in [0, 0.05) is 12.1 Å². The van der Waals surface area contributed by atoms with E-state index in [1.54, 1.807) is 24.3 Å². The van der Waals surface area contributed by atoms with Crippen molar-refractivity contribution >= 4 is 41.5 Å². The number of carbonyl (C=O) groups excluding carboxylic acids is 1. The normalized spacial score (nSPS) is 11.2. The van der Waals surface area contributed by atoms with Gasteiger partial charge in [0.25, 0.3) is 5.91 Å². The van der Waals surface area contributed by atoms with E-state index < -0.39 is 12.1 Å². The number of hydrogen-bond acceptors (Lipinski definition) is 4. The molecule has 0 unspecified atom stereocenters. The minimum atomic E-state index is -4.83. The molecule has 2 aromatic carbocycles. The van der Waals surface area contributed by atoms with Crippen molar-refractivity contribution in [3.05, 3.63) is 54.1 Å². The zero-order valence-corrected chi connectivity index (χ0v) is 17.7. The average molecular weight is 524 g/mol. The highest BCUT2D eigenvalue weighted by Crippen LogP contribution is 2.29. The molecule has 0 aliphatic heterocycles. The van der Waals surface area contributed by atoms with Crippen LogP contribution in [0.3, 0.4) is 0 Å². The van der Waals surface area contributed by atoms with Crippen molar-refractivity contribution in [1.82, 2.24) is 5.32 Å². The second-order valence-electron chi connectivity index (χ2n) is 5.42. The number of ether oxygens (including phenoxy) is 2. The van der Waals surface area contributed by atoms with Crippen LogP contribution in [0.5, 0.6) is 11.5 Å². The van der Waals surface area contributed by atoms with Gasteiger partial charge in [-0.3, -0.25) is 9.79 Å². The van der Waals surface area contributed by atoms with Gasteiger partial charge in [0.1, 0.15) is 5.75 Å². The van der Waals surface area contributed by atoms with E-state index in [0.717, 1.165) is 6.07 Å². The zero-order chi connectivity index (χ0) is 20.6. The number of halogens is 4. The van der Waals surface area contributed by atoms with Crippen LogP contribution in [0.15, 0.2) is 53.5 Å². The summed E-state index contributed by atoms with van der Waals surface area (Å²) in [5.74, 6) is -0.309. The van der Waals surface area contributed by atoms with Crippen LogP contribution in [-0.2, 0) is 0 Å². The molecule has 4 N–H and O–H groups in total. The molecule has 1 amide bonds. The van der Waals surface area contributed by atoms with Gasteiger partial charge in [-0.05, 0) is 30.3 Å². The summed E-state index contributed by atoms with van der Waals surface area (Å²) in [5.41, 5.74) is 6.12. The number of rotatable bonds is 7. The number of alkyl halides is 3. The molecular weight excluding hydrogens is 504 g/mol. The molecule has 158 valence electrons. The van der Waals surface area contributed by atoms with Crippen LogP contribution < -0.4 is 25.8 Å². The molecule has 2 aromatic rings. The molecular formula is C18H20F3IN4O3. The van der Waals surface area contributed by atoms with Crippen molar-refractivity contribution < 1.29 is 27.4 Å². The SMILES string of the molecule is COc1cccc(C(=O)NCCN=C(N)Nc2ccccc2OC(F)(F)F)c1.I. The maximum atomic E-state index is 12.4. The van der Waals surface area contributed by atoms with Crippen molar-refractivity contribution in [3.63, 3.8) is 0 Å². The Morgan fingerprint density at radius 1 is 1.17 bits per heavy atom. The zero-order valence-electron chi connectivity index (χ0n) is 15.3. The van der Waals surface area contributed by atoms with Gasteiger partial charge < -0.3 is 25.8 Å². The van der Waals surface area contributed by atoms with Gasteiger partial charge in [-0.1, -0.05) is 18.2 Å². The van der Waals surface area contributed by atoms with Crippen LogP contribution in [0, 0.1) is 0 Å². The molecule has 0 atom stereocenters. The number of benzene rings is 2. The second-order valence-corrected chi connectivity index (χ2v) is 5.42. The Hall–Kier alpha value is -2.70. The summed E-state index contributed by atoms with van der Waals surface area (Å²) in [4.78, 5) is 16.0. The topological polar surface area (TPSA) is 98.0 Å². The first-order chi connectivity index (χ1) is 13.3. The van der Waals surface area contributed by atoms with Gasteiger partial charge in [-0.25, -0.2) is 0 Å². The Kier molecular flexibility index (Phi) is 9.51. The lowest BCUT2D eigenvalue weighted by Gasteiger charge is -2.14. The molecule has 0 spiro atoms. The third-order valence-corrected chi connectivity index (χ3v) is 3.39. The smallest absolute Gasteiger partial charge is 0.497 e. The number of hydrogen-bond donors (Lipinski definition) is 3. The molecule has 0 fully saturated rings. The number of nitrogens with two attached hydrogens (primary N) is 1. The number of amides is 1. The number of methoxy groups -OCH3 is 1. The molecule has 0 bridgehead atoms. The highest BCUT2D eigenvalue weighted by atomic mass is 127. The largest absolute Gasteiger partial charge is 0.573 e. The van der Waals surface area contributed by atoms with Gasteiger partial charge in [0.15, 0.2) is 11.7 Å². The molecule has 0 saturated heterocycles. The lowest BCUT2D eigenvalue weighted by molar-refractivity contribution is -0.274. The Balaban J connectivity index is 0.00000420. The van der Waals surface area contributed by atoms with Crippen molar-refractivity contribution in [2.45, 2.75) is 6.36 Å². The molecule has 0 aromatic heterocycles. The molecule has 0 heterocycles. The predicted octanol–water partition coefficient (Wildman–Crippen LogP) is 3.37. The maximum absolute atomic E-state index is 12.4. The van der Waals surface area contributed by atoms with Gasteiger partial charge >= 0.3 is 6.36 Å². The number of guanidine groups is 1. The Morgan fingerprint density at radius 3 is 2.59 bits per heavy atom. The summed E-state index contributed by atoms with van der Waals surface area (Å²) in [5, 5.41) is 5.20. The summed E-state index contributed by atoms with van der Waals surface area (Å²) in [7, 11) is 1.50. The first kappa shape index (κ1) is 24.3. The van der Waals surface area contributed by atoms with E-state index in [1.165, 1.54) is 25.3 Å². The van der Waals surface area contributed by atoms with E-state index in [1.807, 2.05) is 0 Å². The van der Waals surface area contributed by atoms with Crippen LogP contribution in [0.25, 0.3) is 0 Å². The summed E-state index contributed by atoms with van der Waals surface area (Å²) in [6.07, 6.45) is -4.83. The lowest BCUT2D eigenvalue weighted by atomic mass is 10.2. The summed E-state index contributed by atoms with van der Waals surface area (Å²) in [6.45, 7) is 0.302. The molecule has 29 heavy (non-hydrogen) atoms. The number of anilines is 1. The van der Waals surface area contributed by atoms with Crippen LogP contribution >= 0.6 is 24.0 Å². The molecule has 7 nitrogen and oxygen atoms in total. The highest BCUT2D eigenvalue weighted by molar-refractivity contribution is 14.0. The van der Waals surface area contributed by atoms with E-state index in [4.69, 9.17) is 10.5 Å². The monoisotopic (exact) mass is 524 g/mol.